The van der Waals surface area contributed by atoms with Gasteiger partial charge in [-0.1, -0.05) is 0 Å². The number of methoxy groups -OCH3 is 1. The first-order valence-electron chi connectivity index (χ1n) is 10.2. The smallest absolute Gasteiger partial charge is 0.207 e. The zero-order valence-electron chi connectivity index (χ0n) is 18.5. The average Bonchev–Trinajstić information content (AvgIpc) is 3.23. The molecule has 3 aromatic heterocycles. The number of allylic oxidation sites excluding steroid dienone is 1. The Morgan fingerprint density at radius 3 is 2.76 bits per heavy atom. The summed E-state index contributed by atoms with van der Waals surface area (Å²) in [6, 6.07) is 13.2. The van der Waals surface area contributed by atoms with Crippen LogP contribution >= 0.6 is 0 Å². The molecule has 0 radical (unpaired) electrons. The molecule has 0 spiro atoms. The van der Waals surface area contributed by atoms with E-state index in [9.17, 15) is 5.11 Å². The zero-order chi connectivity index (χ0) is 23.4. The number of rotatable bonds is 7. The highest BCUT2D eigenvalue weighted by molar-refractivity contribution is 5.86. The molecule has 0 saturated heterocycles. The molecule has 1 aromatic carbocycles. The Hall–Kier alpha value is -4.31. The van der Waals surface area contributed by atoms with Crippen LogP contribution in [0.1, 0.15) is 18.2 Å². The van der Waals surface area contributed by atoms with Gasteiger partial charge < -0.3 is 20.5 Å². The minimum absolute atomic E-state index is 0.0170. The summed E-state index contributed by atoms with van der Waals surface area (Å²) in [4.78, 5) is 9.19. The van der Waals surface area contributed by atoms with Crippen LogP contribution in [-0.4, -0.2) is 42.8 Å². The summed E-state index contributed by atoms with van der Waals surface area (Å²) in [6.07, 6.45) is 3.24. The molecule has 33 heavy (non-hydrogen) atoms. The Morgan fingerprint density at radius 2 is 2.03 bits per heavy atom. The number of anilines is 3. The molecule has 0 fully saturated rings. The van der Waals surface area contributed by atoms with Crippen LogP contribution in [0, 0.1) is 12.3 Å². The van der Waals surface area contributed by atoms with Crippen molar-refractivity contribution in [3.63, 3.8) is 0 Å². The molecule has 0 atom stereocenters. The molecule has 0 saturated carbocycles. The van der Waals surface area contributed by atoms with Crippen LogP contribution in [0.4, 0.5) is 17.3 Å². The third-order valence-corrected chi connectivity index (χ3v) is 4.88. The average molecular weight is 444 g/mol. The van der Waals surface area contributed by atoms with Gasteiger partial charge in [0.05, 0.1) is 30.4 Å². The van der Waals surface area contributed by atoms with Crippen LogP contribution in [0.15, 0.2) is 60.6 Å². The van der Waals surface area contributed by atoms with E-state index < -0.39 is 0 Å². The number of aliphatic hydroxyl groups excluding tert-OH is 1. The molecule has 4 aromatic rings. The van der Waals surface area contributed by atoms with Gasteiger partial charge in [0.2, 0.25) is 5.90 Å². The number of aryl methyl sites for hydroxylation is 1. The molecule has 0 amide bonds. The summed E-state index contributed by atoms with van der Waals surface area (Å²) >= 11 is 0. The van der Waals surface area contributed by atoms with Crippen LogP contribution in [0.2, 0.25) is 0 Å². The summed E-state index contributed by atoms with van der Waals surface area (Å²) in [6.45, 7) is 3.51. The Morgan fingerprint density at radius 1 is 1.18 bits per heavy atom. The number of hydrogen-bond donors (Lipinski definition) is 4. The number of imidazole rings is 1. The number of pyridine rings is 1. The maximum absolute atomic E-state index is 9.72. The van der Waals surface area contributed by atoms with Crippen molar-refractivity contribution in [2.24, 2.45) is 0 Å². The molecule has 3 heterocycles. The fraction of sp³-hybridized carbons (Fsp3) is 0.174. The fourth-order valence-electron chi connectivity index (χ4n) is 3.21. The molecule has 4 rings (SSSR count). The Kier molecular flexibility index (Phi) is 6.27. The van der Waals surface area contributed by atoms with E-state index in [0.717, 1.165) is 22.4 Å². The van der Waals surface area contributed by atoms with Gasteiger partial charge in [0.1, 0.15) is 18.0 Å². The number of nitrogens with zero attached hydrogens (tertiary/aromatic N) is 5. The van der Waals surface area contributed by atoms with E-state index in [-0.39, 0.29) is 12.5 Å². The van der Waals surface area contributed by atoms with Crippen molar-refractivity contribution in [2.75, 3.05) is 17.7 Å². The van der Waals surface area contributed by atoms with Crippen molar-refractivity contribution >= 4 is 34.3 Å². The molecule has 0 bridgehead atoms. The van der Waals surface area contributed by atoms with E-state index in [2.05, 4.69) is 30.8 Å². The van der Waals surface area contributed by atoms with E-state index in [4.69, 9.17) is 10.1 Å². The standard InChI is InChI=1S/C23H24N8O2/c1-14-4-8-21(30-29-14)27-17-6-7-19-18(11-17)25-13-31(19)22-9-5-16(12-32)23(28-22)26-15(2)10-20(24)33-3/h4-11,13,24,32H,12H2,1-3H3,(H,26,28)(H,27,30)/b15-10-,24-20?. The largest absolute Gasteiger partial charge is 0.481 e. The number of ether oxygens (including phenoxy) is 1. The summed E-state index contributed by atoms with van der Waals surface area (Å²) < 4.78 is 6.74. The van der Waals surface area contributed by atoms with Crippen LogP contribution in [0.3, 0.4) is 0 Å². The minimum atomic E-state index is -0.174. The second kappa shape index (κ2) is 9.45. The van der Waals surface area contributed by atoms with Crippen LogP contribution in [-0.2, 0) is 11.3 Å². The molecular weight excluding hydrogens is 420 g/mol. The van der Waals surface area contributed by atoms with Crippen molar-refractivity contribution in [2.45, 2.75) is 20.5 Å². The Labute approximate surface area is 190 Å². The van der Waals surface area contributed by atoms with Gasteiger partial charge in [-0.15, -0.1) is 5.10 Å². The predicted octanol–water partition coefficient (Wildman–Crippen LogP) is 3.69. The molecular formula is C23H24N8O2. The summed E-state index contributed by atoms with van der Waals surface area (Å²) in [5, 5.41) is 31.9. The van der Waals surface area contributed by atoms with Gasteiger partial charge >= 0.3 is 0 Å². The van der Waals surface area contributed by atoms with Crippen molar-refractivity contribution in [3.05, 3.63) is 71.8 Å². The third kappa shape index (κ3) is 4.96. The number of aromatic nitrogens is 5. The first-order chi connectivity index (χ1) is 16.0. The minimum Gasteiger partial charge on any atom is -0.481 e. The van der Waals surface area contributed by atoms with Gasteiger partial charge in [-0.3, -0.25) is 9.98 Å². The Bertz CT molecular complexity index is 1330. The highest BCUT2D eigenvalue weighted by Gasteiger charge is 2.11. The van der Waals surface area contributed by atoms with E-state index in [1.54, 1.807) is 19.3 Å². The third-order valence-electron chi connectivity index (χ3n) is 4.88. The molecule has 0 aliphatic carbocycles. The number of benzene rings is 1. The van der Waals surface area contributed by atoms with Crippen molar-refractivity contribution in [1.82, 2.24) is 24.7 Å². The number of aliphatic hydroxyl groups is 1. The SMILES string of the molecule is COC(=N)/C=C(/C)Nc1nc(-n2cnc3cc(Nc4ccc(C)nn4)ccc32)ccc1CO. The maximum atomic E-state index is 9.72. The van der Waals surface area contributed by atoms with Crippen LogP contribution in [0.5, 0.6) is 0 Å². The highest BCUT2D eigenvalue weighted by Crippen LogP contribution is 2.24. The first-order valence-corrected chi connectivity index (χ1v) is 10.2. The second-order valence-electron chi connectivity index (χ2n) is 7.36. The number of hydrogen-bond acceptors (Lipinski definition) is 9. The quantitative estimate of drug-likeness (QED) is 0.250. The number of nitrogens with one attached hydrogen (secondary N) is 3. The van der Waals surface area contributed by atoms with Gasteiger partial charge in [0.15, 0.2) is 5.82 Å². The van der Waals surface area contributed by atoms with Gasteiger partial charge in [-0.2, -0.15) is 5.10 Å². The monoisotopic (exact) mass is 444 g/mol. The second-order valence-corrected chi connectivity index (χ2v) is 7.36. The van der Waals surface area contributed by atoms with E-state index in [0.29, 0.717) is 28.7 Å². The first kappa shape index (κ1) is 21.9. The predicted molar refractivity (Wildman–Crippen MR) is 127 cm³/mol. The molecule has 10 heteroatoms. The normalized spacial score (nSPS) is 11.5. The maximum Gasteiger partial charge on any atom is 0.207 e. The topological polar surface area (TPSA) is 134 Å². The molecule has 10 nitrogen and oxygen atoms in total. The summed E-state index contributed by atoms with van der Waals surface area (Å²) in [5.74, 6) is 1.80. The lowest BCUT2D eigenvalue weighted by atomic mass is 10.2. The van der Waals surface area contributed by atoms with E-state index in [1.807, 2.05) is 47.9 Å². The van der Waals surface area contributed by atoms with Gasteiger partial charge in [-0.25, -0.2) is 9.97 Å². The van der Waals surface area contributed by atoms with Gasteiger partial charge in [0, 0.05) is 23.0 Å². The highest BCUT2D eigenvalue weighted by atomic mass is 16.5. The zero-order valence-corrected chi connectivity index (χ0v) is 18.5. The lowest BCUT2D eigenvalue weighted by Crippen LogP contribution is -2.07. The van der Waals surface area contributed by atoms with Crippen molar-refractivity contribution in [3.8, 4) is 5.82 Å². The Balaban J connectivity index is 1.63. The van der Waals surface area contributed by atoms with Gasteiger partial charge in [0.25, 0.3) is 0 Å². The summed E-state index contributed by atoms with van der Waals surface area (Å²) in [5.41, 5.74) is 4.65. The lowest BCUT2D eigenvalue weighted by molar-refractivity contribution is 0.282. The van der Waals surface area contributed by atoms with E-state index >= 15 is 0 Å². The van der Waals surface area contributed by atoms with Crippen LogP contribution < -0.4 is 10.6 Å². The summed E-state index contributed by atoms with van der Waals surface area (Å²) in [7, 11) is 1.43. The molecule has 4 N–H and O–H groups in total. The van der Waals surface area contributed by atoms with Crippen molar-refractivity contribution < 1.29 is 9.84 Å². The van der Waals surface area contributed by atoms with Crippen LogP contribution in [0.25, 0.3) is 16.9 Å². The van der Waals surface area contributed by atoms with E-state index in [1.165, 1.54) is 13.2 Å². The van der Waals surface area contributed by atoms with Gasteiger partial charge in [-0.05, 0) is 56.3 Å². The molecule has 0 aliphatic rings. The lowest BCUT2D eigenvalue weighted by Gasteiger charge is -2.13. The van der Waals surface area contributed by atoms with Crippen molar-refractivity contribution in [1.29, 1.82) is 5.41 Å². The molecule has 0 unspecified atom stereocenters. The molecule has 0 aliphatic heterocycles. The fourth-order valence-corrected chi connectivity index (χ4v) is 3.21. The number of fused-ring (bicyclic) bond motifs is 1. The molecule has 168 valence electrons.